The van der Waals surface area contributed by atoms with Crippen LogP contribution in [0.5, 0.6) is 0 Å². The molecular weight excluding hydrogens is 340 g/mol. The van der Waals surface area contributed by atoms with Crippen molar-refractivity contribution in [3.05, 3.63) is 65.8 Å². The molecule has 0 aromatic carbocycles. The van der Waals surface area contributed by atoms with E-state index in [0.717, 1.165) is 23.9 Å². The normalized spacial score (nSPS) is 16.7. The molecule has 0 saturated carbocycles. The van der Waals surface area contributed by atoms with Crippen molar-refractivity contribution in [2.75, 3.05) is 6.54 Å². The van der Waals surface area contributed by atoms with Gasteiger partial charge in [-0.2, -0.15) is 0 Å². The van der Waals surface area contributed by atoms with Gasteiger partial charge >= 0.3 is 0 Å². The van der Waals surface area contributed by atoms with E-state index in [-0.39, 0.29) is 5.91 Å². The Morgan fingerprint density at radius 3 is 2.93 bits per heavy atom. The van der Waals surface area contributed by atoms with Gasteiger partial charge in [-0.15, -0.1) is 0 Å². The number of nitrogens with zero attached hydrogens (tertiary/aromatic N) is 1. The lowest BCUT2D eigenvalue weighted by molar-refractivity contribution is -0.115. The number of rotatable bonds is 7. The molecule has 0 spiro atoms. The monoisotopic (exact) mass is 364 g/mol. The molecule has 1 atom stereocenters. The molecule has 1 heterocycles. The van der Waals surface area contributed by atoms with E-state index in [9.17, 15) is 4.79 Å². The van der Waals surface area contributed by atoms with Crippen LogP contribution < -0.4 is 16.4 Å². The van der Waals surface area contributed by atoms with Gasteiger partial charge in [-0.1, -0.05) is 12.2 Å². The highest BCUT2D eigenvalue weighted by Crippen LogP contribution is 2.17. The number of hydrogen-bond donors (Lipinski definition) is 5. The van der Waals surface area contributed by atoms with Crippen LogP contribution in [-0.4, -0.2) is 29.5 Å². The molecule has 1 aliphatic carbocycles. The third-order valence-electron chi connectivity index (χ3n) is 4.00. The molecule has 2 rings (SSSR count). The van der Waals surface area contributed by atoms with E-state index in [1.807, 2.05) is 18.2 Å². The number of amides is 1. The van der Waals surface area contributed by atoms with Crippen molar-refractivity contribution >= 4 is 29.6 Å². The molecular formula is C20H24N6O. The second-order valence-electron chi connectivity index (χ2n) is 6.07. The SMILES string of the molecule is CC(=N)NCC1C=CC(NC(=O)/C=C/c2cnccc2/C(C=N)=C/N)=CC1. The first-order valence-corrected chi connectivity index (χ1v) is 8.56. The second kappa shape index (κ2) is 9.86. The lowest BCUT2D eigenvalue weighted by atomic mass is 9.99. The van der Waals surface area contributed by atoms with Gasteiger partial charge in [0, 0.05) is 54.3 Å². The molecule has 7 heteroatoms. The number of carbonyl (C=O) groups is 1. The van der Waals surface area contributed by atoms with Crippen LogP contribution in [0.2, 0.25) is 0 Å². The molecule has 0 saturated heterocycles. The van der Waals surface area contributed by atoms with Crippen LogP contribution in [0.1, 0.15) is 24.5 Å². The second-order valence-corrected chi connectivity index (χ2v) is 6.07. The van der Waals surface area contributed by atoms with E-state index in [1.165, 1.54) is 12.3 Å². The predicted molar refractivity (Wildman–Crippen MR) is 109 cm³/mol. The Morgan fingerprint density at radius 2 is 2.30 bits per heavy atom. The fourth-order valence-electron chi connectivity index (χ4n) is 2.56. The molecule has 1 aromatic heterocycles. The zero-order chi connectivity index (χ0) is 19.6. The van der Waals surface area contributed by atoms with Crippen LogP contribution in [0.25, 0.3) is 11.6 Å². The Hall–Kier alpha value is -3.48. The van der Waals surface area contributed by atoms with Gasteiger partial charge in [0.25, 0.3) is 0 Å². The maximum Gasteiger partial charge on any atom is 0.248 e. The van der Waals surface area contributed by atoms with E-state index < -0.39 is 0 Å². The van der Waals surface area contributed by atoms with Crippen molar-refractivity contribution in [3.63, 3.8) is 0 Å². The summed E-state index contributed by atoms with van der Waals surface area (Å²) in [6.45, 7) is 2.42. The molecule has 0 aliphatic heterocycles. The minimum Gasteiger partial charge on any atom is -0.404 e. The highest BCUT2D eigenvalue weighted by Gasteiger charge is 2.10. The number of aromatic nitrogens is 1. The van der Waals surface area contributed by atoms with Crippen molar-refractivity contribution in [2.24, 2.45) is 11.7 Å². The van der Waals surface area contributed by atoms with Crippen molar-refractivity contribution in [1.29, 1.82) is 10.8 Å². The van der Waals surface area contributed by atoms with Gasteiger partial charge in [0.05, 0.1) is 5.84 Å². The summed E-state index contributed by atoms with van der Waals surface area (Å²) in [5, 5.41) is 20.6. The summed E-state index contributed by atoms with van der Waals surface area (Å²) in [6, 6.07) is 1.75. The average molecular weight is 364 g/mol. The molecule has 0 fully saturated rings. The summed E-state index contributed by atoms with van der Waals surface area (Å²) in [4.78, 5) is 16.2. The fourth-order valence-corrected chi connectivity index (χ4v) is 2.56. The smallest absolute Gasteiger partial charge is 0.248 e. The van der Waals surface area contributed by atoms with Crippen LogP contribution in [0.15, 0.2) is 54.7 Å². The van der Waals surface area contributed by atoms with Gasteiger partial charge in [-0.3, -0.25) is 15.2 Å². The maximum absolute atomic E-state index is 12.2. The van der Waals surface area contributed by atoms with E-state index in [4.69, 9.17) is 16.6 Å². The first-order chi connectivity index (χ1) is 13.0. The van der Waals surface area contributed by atoms with E-state index >= 15 is 0 Å². The number of nitrogens with one attached hydrogen (secondary N) is 4. The quantitative estimate of drug-likeness (QED) is 0.289. The Balaban J connectivity index is 1.96. The highest BCUT2D eigenvalue weighted by atomic mass is 16.1. The van der Waals surface area contributed by atoms with Crippen LogP contribution in [-0.2, 0) is 4.79 Å². The van der Waals surface area contributed by atoms with Crippen molar-refractivity contribution < 1.29 is 4.79 Å². The molecule has 1 unspecified atom stereocenters. The fraction of sp³-hybridized carbons (Fsp3) is 0.200. The molecule has 0 radical (unpaired) electrons. The largest absolute Gasteiger partial charge is 0.404 e. The van der Waals surface area contributed by atoms with Crippen LogP contribution in [0.4, 0.5) is 0 Å². The zero-order valence-corrected chi connectivity index (χ0v) is 15.2. The summed E-state index contributed by atoms with van der Waals surface area (Å²) in [5.74, 6) is 0.504. The molecule has 6 N–H and O–H groups in total. The minimum atomic E-state index is -0.249. The number of pyridine rings is 1. The minimum absolute atomic E-state index is 0.249. The average Bonchev–Trinajstić information content (AvgIpc) is 2.67. The number of allylic oxidation sites excluding steroid dienone is 3. The molecule has 0 bridgehead atoms. The molecule has 7 nitrogen and oxygen atoms in total. The van der Waals surface area contributed by atoms with Gasteiger partial charge in [0.15, 0.2) is 0 Å². The van der Waals surface area contributed by atoms with Gasteiger partial charge < -0.3 is 21.8 Å². The Morgan fingerprint density at radius 1 is 1.48 bits per heavy atom. The van der Waals surface area contributed by atoms with E-state index in [1.54, 1.807) is 31.5 Å². The molecule has 1 aliphatic rings. The van der Waals surface area contributed by atoms with Crippen LogP contribution in [0.3, 0.4) is 0 Å². The molecule has 140 valence electrons. The topological polar surface area (TPSA) is 128 Å². The van der Waals surface area contributed by atoms with Crippen molar-refractivity contribution in [1.82, 2.24) is 15.6 Å². The van der Waals surface area contributed by atoms with E-state index in [2.05, 4.69) is 15.6 Å². The summed E-state index contributed by atoms with van der Waals surface area (Å²) in [7, 11) is 0. The molecule has 1 aromatic rings. The van der Waals surface area contributed by atoms with Crippen LogP contribution in [0, 0.1) is 16.7 Å². The maximum atomic E-state index is 12.2. The predicted octanol–water partition coefficient (Wildman–Crippen LogP) is 2.21. The Bertz CT molecular complexity index is 835. The lowest BCUT2D eigenvalue weighted by Gasteiger charge is -2.17. The van der Waals surface area contributed by atoms with Gasteiger partial charge in [-0.05, 0) is 43.0 Å². The third kappa shape index (κ3) is 6.07. The Kier molecular flexibility index (Phi) is 7.25. The molecule has 27 heavy (non-hydrogen) atoms. The van der Waals surface area contributed by atoms with Crippen molar-refractivity contribution in [2.45, 2.75) is 13.3 Å². The van der Waals surface area contributed by atoms with Crippen molar-refractivity contribution in [3.8, 4) is 0 Å². The Labute approximate surface area is 158 Å². The summed E-state index contributed by atoms with van der Waals surface area (Å²) >= 11 is 0. The summed E-state index contributed by atoms with van der Waals surface area (Å²) < 4.78 is 0. The van der Waals surface area contributed by atoms with E-state index in [0.29, 0.717) is 29.4 Å². The number of amidine groups is 1. The van der Waals surface area contributed by atoms with Crippen LogP contribution >= 0.6 is 0 Å². The third-order valence-corrected chi connectivity index (χ3v) is 4.00. The summed E-state index contributed by atoms with van der Waals surface area (Å²) in [6.07, 6.45) is 15.5. The van der Waals surface area contributed by atoms with Gasteiger partial charge in [0.1, 0.15) is 0 Å². The standard InChI is InChI=1S/C20H24N6O/c1-14(23)25-12-15-2-5-18(6-3-15)26-20(27)7-4-16-13-24-9-8-19(16)17(10-21)11-22/h2,4-11,13,15,21H,3,12,22H2,1H3,(H2,23,25)(H,26,27)/b7-4+,17-11+,21-10?. The molecule has 1 amide bonds. The van der Waals surface area contributed by atoms with Gasteiger partial charge in [-0.25, -0.2) is 0 Å². The van der Waals surface area contributed by atoms with Gasteiger partial charge in [0.2, 0.25) is 5.91 Å². The first-order valence-electron chi connectivity index (χ1n) is 8.56. The summed E-state index contributed by atoms with van der Waals surface area (Å²) in [5.41, 5.74) is 8.29. The zero-order valence-electron chi connectivity index (χ0n) is 15.2. The number of carbonyl (C=O) groups excluding carboxylic acids is 1. The lowest BCUT2D eigenvalue weighted by Crippen LogP contribution is -2.27. The number of hydrogen-bond acceptors (Lipinski definition) is 5. The number of nitrogens with two attached hydrogens (primary N) is 1. The highest BCUT2D eigenvalue weighted by molar-refractivity contribution is 6.09. The first kappa shape index (κ1) is 19.8.